The summed E-state index contributed by atoms with van der Waals surface area (Å²) >= 11 is 0. The topological polar surface area (TPSA) is 18.5 Å². The number of hydrogen-bond donors (Lipinski definition) is 1. The fourth-order valence-corrected chi connectivity index (χ4v) is 6.60. The molecule has 0 atom stereocenters. The van der Waals surface area contributed by atoms with E-state index in [1.165, 1.54) is 193 Å². The Morgan fingerprint density at radius 1 is 0.468 bits per heavy atom. The molecule has 274 valence electrons. The summed E-state index contributed by atoms with van der Waals surface area (Å²) in [5, 5.41) is 4.00. The van der Waals surface area contributed by atoms with Crippen molar-refractivity contribution in [2.45, 2.75) is 187 Å². The van der Waals surface area contributed by atoms with E-state index in [1.54, 1.807) is 0 Å². The number of rotatable bonds is 34. The van der Waals surface area contributed by atoms with Gasteiger partial charge in [-0.1, -0.05) is 152 Å². The Morgan fingerprint density at radius 2 is 0.851 bits per heavy atom. The molecule has 0 unspecified atom stereocenters. The zero-order chi connectivity index (χ0) is 33.7. The zero-order valence-electron chi connectivity index (χ0n) is 32.2. The molecular formula is C44H83N3. The van der Waals surface area contributed by atoms with Gasteiger partial charge in [-0.25, -0.2) is 0 Å². The largest absolute Gasteiger partial charge is 0.313 e. The average Bonchev–Trinajstić information content (AvgIpc) is 3.08. The van der Waals surface area contributed by atoms with E-state index < -0.39 is 0 Å². The third-order valence-electron chi connectivity index (χ3n) is 9.96. The molecule has 0 bridgehead atoms. The number of unbranched alkanes of at least 4 members (excludes halogenated alkanes) is 18. The summed E-state index contributed by atoms with van der Waals surface area (Å²) in [6, 6.07) is 0.721. The van der Waals surface area contributed by atoms with Gasteiger partial charge in [0.15, 0.2) is 0 Å². The van der Waals surface area contributed by atoms with E-state index in [1.807, 2.05) is 0 Å². The SMILES string of the molecule is CCCCCC=CCC=CCCCCCCCCC(CCCCCCCCC=CCC=CCCCCC)NCCN1CCN(C)CC1. The van der Waals surface area contributed by atoms with Crippen molar-refractivity contribution in [3.05, 3.63) is 48.6 Å². The average molecular weight is 654 g/mol. The van der Waals surface area contributed by atoms with Crippen LogP contribution in [0.3, 0.4) is 0 Å². The van der Waals surface area contributed by atoms with E-state index in [0.29, 0.717) is 0 Å². The first-order chi connectivity index (χ1) is 23.3. The van der Waals surface area contributed by atoms with Gasteiger partial charge in [-0.05, 0) is 84.1 Å². The maximum absolute atomic E-state index is 4.00. The third-order valence-corrected chi connectivity index (χ3v) is 9.96. The number of piperazine rings is 1. The summed E-state index contributed by atoms with van der Waals surface area (Å²) in [7, 11) is 2.26. The predicted molar refractivity (Wildman–Crippen MR) is 214 cm³/mol. The summed E-state index contributed by atoms with van der Waals surface area (Å²) in [4.78, 5) is 5.12. The van der Waals surface area contributed by atoms with Crippen LogP contribution in [0.5, 0.6) is 0 Å². The van der Waals surface area contributed by atoms with Gasteiger partial charge in [0.05, 0.1) is 0 Å². The smallest absolute Gasteiger partial charge is 0.0110 e. The van der Waals surface area contributed by atoms with Crippen molar-refractivity contribution in [1.29, 1.82) is 0 Å². The molecule has 3 heteroatoms. The number of nitrogens with zero attached hydrogens (tertiary/aromatic N) is 2. The van der Waals surface area contributed by atoms with Gasteiger partial charge in [0.2, 0.25) is 0 Å². The highest BCUT2D eigenvalue weighted by Crippen LogP contribution is 2.16. The number of hydrogen-bond acceptors (Lipinski definition) is 3. The fraction of sp³-hybridized carbons (Fsp3) is 0.818. The normalized spacial score (nSPS) is 15.8. The minimum Gasteiger partial charge on any atom is -0.313 e. The van der Waals surface area contributed by atoms with E-state index in [2.05, 4.69) is 84.6 Å². The minimum absolute atomic E-state index is 0.721. The molecule has 0 amide bonds. The first-order valence-electron chi connectivity index (χ1n) is 21.0. The van der Waals surface area contributed by atoms with Gasteiger partial charge in [0, 0.05) is 45.3 Å². The van der Waals surface area contributed by atoms with E-state index in [0.717, 1.165) is 18.9 Å². The number of allylic oxidation sites excluding steroid dienone is 8. The van der Waals surface area contributed by atoms with Gasteiger partial charge in [-0.3, -0.25) is 4.90 Å². The lowest BCUT2D eigenvalue weighted by molar-refractivity contribution is 0.153. The Bertz CT molecular complexity index is 682. The Hall–Kier alpha value is -1.16. The molecule has 1 heterocycles. The molecule has 0 spiro atoms. The van der Waals surface area contributed by atoms with E-state index >= 15 is 0 Å². The minimum atomic E-state index is 0.721. The van der Waals surface area contributed by atoms with E-state index in [4.69, 9.17) is 0 Å². The lowest BCUT2D eigenvalue weighted by Crippen LogP contribution is -2.47. The standard InChI is InChI=1S/C44H83N3/c1-4-6-8-10-12-14-16-18-20-22-24-26-28-30-32-34-36-44(45-38-39-47-42-40-46(3)41-43-47)37-35-33-31-29-27-25-23-21-19-17-15-13-11-9-7-5-2/h12-15,18-21,44-45H,4-11,16-17,22-43H2,1-3H3. The Balaban J connectivity index is 2.11. The molecule has 1 N–H and O–H groups in total. The van der Waals surface area contributed by atoms with Crippen molar-refractivity contribution in [2.75, 3.05) is 46.3 Å². The summed E-state index contributed by atoms with van der Waals surface area (Å²) in [5.74, 6) is 0. The quantitative estimate of drug-likeness (QED) is 0.0551. The summed E-state index contributed by atoms with van der Waals surface area (Å²) in [6.07, 6.45) is 53.9. The molecule has 1 aliphatic rings. The van der Waals surface area contributed by atoms with Crippen LogP contribution in [0.15, 0.2) is 48.6 Å². The van der Waals surface area contributed by atoms with Gasteiger partial charge >= 0.3 is 0 Å². The van der Waals surface area contributed by atoms with Crippen LogP contribution in [0.25, 0.3) is 0 Å². The van der Waals surface area contributed by atoms with Gasteiger partial charge in [0.25, 0.3) is 0 Å². The second kappa shape index (κ2) is 36.1. The highest BCUT2D eigenvalue weighted by molar-refractivity contribution is 4.93. The van der Waals surface area contributed by atoms with Crippen LogP contribution in [-0.4, -0.2) is 62.2 Å². The van der Waals surface area contributed by atoms with E-state index in [9.17, 15) is 0 Å². The van der Waals surface area contributed by atoms with Crippen LogP contribution in [-0.2, 0) is 0 Å². The molecule has 1 rings (SSSR count). The van der Waals surface area contributed by atoms with E-state index in [-0.39, 0.29) is 0 Å². The summed E-state index contributed by atoms with van der Waals surface area (Å²) < 4.78 is 0. The predicted octanol–water partition coefficient (Wildman–Crippen LogP) is 12.6. The molecule has 1 fully saturated rings. The summed E-state index contributed by atoms with van der Waals surface area (Å²) in [5.41, 5.74) is 0. The second-order valence-corrected chi connectivity index (χ2v) is 14.5. The van der Waals surface area contributed by atoms with Gasteiger partial charge in [-0.2, -0.15) is 0 Å². The Labute approximate surface area is 296 Å². The molecule has 0 aromatic rings. The van der Waals surface area contributed by atoms with Gasteiger partial charge < -0.3 is 10.2 Å². The molecule has 0 aromatic carbocycles. The van der Waals surface area contributed by atoms with Crippen molar-refractivity contribution >= 4 is 0 Å². The highest BCUT2D eigenvalue weighted by atomic mass is 15.2. The van der Waals surface area contributed by atoms with Gasteiger partial charge in [-0.15, -0.1) is 0 Å². The lowest BCUT2D eigenvalue weighted by Gasteiger charge is -2.32. The third kappa shape index (κ3) is 31.8. The number of likely N-dealkylation sites (N-methyl/N-ethyl adjacent to an activating group) is 1. The first kappa shape index (κ1) is 43.9. The van der Waals surface area contributed by atoms with Crippen LogP contribution in [0, 0.1) is 0 Å². The maximum atomic E-state index is 4.00. The molecule has 0 aliphatic carbocycles. The van der Waals surface area contributed by atoms with Crippen LogP contribution in [0.1, 0.15) is 181 Å². The van der Waals surface area contributed by atoms with Crippen LogP contribution < -0.4 is 5.32 Å². The fourth-order valence-electron chi connectivity index (χ4n) is 6.60. The summed E-state index contributed by atoms with van der Waals surface area (Å²) in [6.45, 7) is 11.9. The molecule has 1 saturated heterocycles. The molecule has 0 radical (unpaired) electrons. The molecule has 0 aromatic heterocycles. The number of nitrogens with one attached hydrogen (secondary N) is 1. The van der Waals surface area contributed by atoms with Crippen molar-refractivity contribution in [3.8, 4) is 0 Å². The Kier molecular flexibility index (Phi) is 33.7. The second-order valence-electron chi connectivity index (χ2n) is 14.5. The molecular weight excluding hydrogens is 571 g/mol. The van der Waals surface area contributed by atoms with Crippen LogP contribution in [0.2, 0.25) is 0 Å². The molecule has 3 nitrogen and oxygen atoms in total. The molecule has 0 saturated carbocycles. The van der Waals surface area contributed by atoms with Crippen molar-refractivity contribution in [3.63, 3.8) is 0 Å². The zero-order valence-corrected chi connectivity index (χ0v) is 32.2. The Morgan fingerprint density at radius 3 is 1.28 bits per heavy atom. The lowest BCUT2D eigenvalue weighted by atomic mass is 9.99. The van der Waals surface area contributed by atoms with Crippen LogP contribution >= 0.6 is 0 Å². The molecule has 1 aliphatic heterocycles. The van der Waals surface area contributed by atoms with Crippen molar-refractivity contribution in [2.24, 2.45) is 0 Å². The monoisotopic (exact) mass is 654 g/mol. The van der Waals surface area contributed by atoms with Crippen molar-refractivity contribution in [1.82, 2.24) is 15.1 Å². The first-order valence-corrected chi connectivity index (χ1v) is 21.0. The highest BCUT2D eigenvalue weighted by Gasteiger charge is 2.14. The molecule has 47 heavy (non-hydrogen) atoms. The van der Waals surface area contributed by atoms with Gasteiger partial charge in [0.1, 0.15) is 0 Å². The van der Waals surface area contributed by atoms with Crippen molar-refractivity contribution < 1.29 is 0 Å². The maximum Gasteiger partial charge on any atom is 0.0110 e. The van der Waals surface area contributed by atoms with Crippen LogP contribution in [0.4, 0.5) is 0 Å².